The van der Waals surface area contributed by atoms with E-state index >= 15 is 0 Å². The Balaban J connectivity index is 1.58. The summed E-state index contributed by atoms with van der Waals surface area (Å²) in [7, 11) is 0. The lowest BCUT2D eigenvalue weighted by Crippen LogP contribution is -2.20. The van der Waals surface area contributed by atoms with Gasteiger partial charge in [0.15, 0.2) is 18.1 Å². The minimum Gasteiger partial charge on any atom is -0.490 e. The molecule has 24 heavy (non-hydrogen) atoms. The number of nitrogens with one attached hydrogen (secondary N) is 1. The third kappa shape index (κ3) is 4.11. The number of hydrogen-bond donors (Lipinski definition) is 1. The van der Waals surface area contributed by atoms with Crippen LogP contribution in [0.5, 0.6) is 17.2 Å². The minimum absolute atomic E-state index is 0.0878. The summed E-state index contributed by atoms with van der Waals surface area (Å²) >= 11 is 5.96. The molecule has 0 aromatic heterocycles. The van der Waals surface area contributed by atoms with Crippen molar-refractivity contribution < 1.29 is 19.0 Å². The molecule has 0 fully saturated rings. The molecule has 1 aliphatic heterocycles. The van der Waals surface area contributed by atoms with Gasteiger partial charge in [-0.25, -0.2) is 0 Å². The molecule has 1 amide bonds. The molecule has 1 N–H and O–H groups in total. The van der Waals surface area contributed by atoms with Crippen LogP contribution < -0.4 is 19.5 Å². The molecule has 126 valence electrons. The number of hydrogen-bond acceptors (Lipinski definition) is 4. The third-order valence-corrected chi connectivity index (χ3v) is 3.95. The third-order valence-electron chi connectivity index (χ3n) is 3.53. The number of aryl methyl sites for hydroxylation is 1. The maximum absolute atomic E-state index is 12.0. The fourth-order valence-corrected chi connectivity index (χ4v) is 2.41. The van der Waals surface area contributed by atoms with Crippen molar-refractivity contribution >= 4 is 23.2 Å². The van der Waals surface area contributed by atoms with E-state index in [0.717, 1.165) is 12.0 Å². The van der Waals surface area contributed by atoms with Crippen molar-refractivity contribution in [1.29, 1.82) is 0 Å². The Hall–Kier alpha value is -2.40. The molecule has 5 nitrogen and oxygen atoms in total. The number of benzene rings is 2. The summed E-state index contributed by atoms with van der Waals surface area (Å²) in [6, 6.07) is 10.6. The van der Waals surface area contributed by atoms with Crippen LogP contribution in [0.1, 0.15) is 12.0 Å². The van der Waals surface area contributed by atoms with Crippen LogP contribution in [0.15, 0.2) is 36.4 Å². The summed E-state index contributed by atoms with van der Waals surface area (Å²) in [5.41, 5.74) is 1.54. The average Bonchev–Trinajstić information content (AvgIpc) is 2.81. The first-order chi connectivity index (χ1) is 11.6. The van der Waals surface area contributed by atoms with E-state index in [-0.39, 0.29) is 12.5 Å². The van der Waals surface area contributed by atoms with Gasteiger partial charge >= 0.3 is 0 Å². The second-order valence-electron chi connectivity index (χ2n) is 5.46. The number of anilines is 1. The van der Waals surface area contributed by atoms with Gasteiger partial charge in [0.1, 0.15) is 5.75 Å². The predicted octanol–water partition coefficient (Wildman–Crippen LogP) is 3.83. The lowest BCUT2D eigenvalue weighted by Gasteiger charge is -2.11. The van der Waals surface area contributed by atoms with Gasteiger partial charge in [0.25, 0.3) is 5.91 Å². The van der Waals surface area contributed by atoms with Gasteiger partial charge in [-0.1, -0.05) is 11.6 Å². The number of rotatable bonds is 4. The fourth-order valence-electron chi connectivity index (χ4n) is 2.29. The van der Waals surface area contributed by atoms with E-state index in [9.17, 15) is 4.79 Å². The van der Waals surface area contributed by atoms with Crippen LogP contribution in [0.25, 0.3) is 0 Å². The molecule has 0 saturated carbocycles. The highest BCUT2D eigenvalue weighted by atomic mass is 35.5. The highest BCUT2D eigenvalue weighted by Crippen LogP contribution is 2.32. The highest BCUT2D eigenvalue weighted by Gasteiger charge is 2.12. The first-order valence-corrected chi connectivity index (χ1v) is 8.08. The summed E-state index contributed by atoms with van der Waals surface area (Å²) in [5, 5.41) is 3.45. The van der Waals surface area contributed by atoms with Crippen molar-refractivity contribution in [3.8, 4) is 17.2 Å². The Kier molecular flexibility index (Phi) is 5.11. The number of carbonyl (C=O) groups is 1. The Bertz CT molecular complexity index is 748. The maximum Gasteiger partial charge on any atom is 0.262 e. The van der Waals surface area contributed by atoms with Gasteiger partial charge in [-0.15, -0.1) is 0 Å². The Morgan fingerprint density at radius 2 is 1.96 bits per heavy atom. The molecule has 0 unspecified atom stereocenters. The van der Waals surface area contributed by atoms with Crippen molar-refractivity contribution in [2.75, 3.05) is 25.1 Å². The van der Waals surface area contributed by atoms with Crippen molar-refractivity contribution in [2.24, 2.45) is 0 Å². The zero-order valence-electron chi connectivity index (χ0n) is 13.3. The molecule has 0 saturated heterocycles. The van der Waals surface area contributed by atoms with Crippen LogP contribution in [0.3, 0.4) is 0 Å². The van der Waals surface area contributed by atoms with Gasteiger partial charge in [0.05, 0.1) is 13.2 Å². The lowest BCUT2D eigenvalue weighted by atomic mass is 10.2. The molecule has 3 rings (SSSR count). The quantitative estimate of drug-likeness (QED) is 0.913. The van der Waals surface area contributed by atoms with E-state index in [0.29, 0.717) is 41.2 Å². The molecular formula is C18H18ClNO4. The summed E-state index contributed by atoms with van der Waals surface area (Å²) < 4.78 is 16.6. The van der Waals surface area contributed by atoms with E-state index in [2.05, 4.69) is 5.32 Å². The summed E-state index contributed by atoms with van der Waals surface area (Å²) in [5.74, 6) is 1.68. The number of fused-ring (bicyclic) bond motifs is 1. The van der Waals surface area contributed by atoms with Gasteiger partial charge in [-0.05, 0) is 42.8 Å². The van der Waals surface area contributed by atoms with Crippen molar-refractivity contribution in [2.45, 2.75) is 13.3 Å². The number of amides is 1. The van der Waals surface area contributed by atoms with Gasteiger partial charge < -0.3 is 19.5 Å². The van der Waals surface area contributed by atoms with E-state index < -0.39 is 0 Å². The molecule has 2 aromatic carbocycles. The molecule has 0 atom stereocenters. The topological polar surface area (TPSA) is 56.8 Å². The molecule has 2 aromatic rings. The lowest BCUT2D eigenvalue weighted by molar-refractivity contribution is -0.118. The first-order valence-electron chi connectivity index (χ1n) is 7.70. The summed E-state index contributed by atoms with van der Waals surface area (Å²) in [6.07, 6.45) is 0.838. The fraction of sp³-hybridized carbons (Fsp3) is 0.278. The monoisotopic (exact) mass is 347 g/mol. The van der Waals surface area contributed by atoms with Gasteiger partial charge in [0.2, 0.25) is 0 Å². The summed E-state index contributed by atoms with van der Waals surface area (Å²) in [6.45, 7) is 3.03. The zero-order chi connectivity index (χ0) is 16.9. The number of carbonyl (C=O) groups excluding carboxylic acids is 1. The second-order valence-corrected chi connectivity index (χ2v) is 5.87. The van der Waals surface area contributed by atoms with Crippen molar-refractivity contribution in [3.05, 3.63) is 47.0 Å². The standard InChI is InChI=1S/C18H18ClNO4/c1-12-9-14(4-5-15(12)19)24-11-18(21)20-13-3-6-16-17(10-13)23-8-2-7-22-16/h3-6,9-10H,2,7-8,11H2,1H3,(H,20,21). The maximum atomic E-state index is 12.0. The van der Waals surface area contributed by atoms with Crippen LogP contribution in [0, 0.1) is 6.92 Å². The number of halogens is 1. The van der Waals surface area contributed by atoms with E-state index in [1.54, 1.807) is 36.4 Å². The molecule has 0 bridgehead atoms. The van der Waals surface area contributed by atoms with Crippen LogP contribution in [-0.2, 0) is 4.79 Å². The van der Waals surface area contributed by atoms with Crippen LogP contribution in [0.4, 0.5) is 5.69 Å². The molecule has 0 radical (unpaired) electrons. The Morgan fingerprint density at radius 1 is 1.17 bits per heavy atom. The average molecular weight is 348 g/mol. The molecule has 0 aliphatic carbocycles. The van der Waals surface area contributed by atoms with E-state index in [1.165, 1.54) is 0 Å². The Morgan fingerprint density at radius 3 is 2.75 bits per heavy atom. The summed E-state index contributed by atoms with van der Waals surface area (Å²) in [4.78, 5) is 12.0. The van der Waals surface area contributed by atoms with Crippen LogP contribution in [-0.4, -0.2) is 25.7 Å². The molecular weight excluding hydrogens is 330 g/mol. The minimum atomic E-state index is -0.253. The highest BCUT2D eigenvalue weighted by molar-refractivity contribution is 6.31. The first kappa shape index (κ1) is 16.5. The van der Waals surface area contributed by atoms with Crippen LogP contribution >= 0.6 is 11.6 Å². The zero-order valence-corrected chi connectivity index (χ0v) is 14.1. The SMILES string of the molecule is Cc1cc(OCC(=O)Nc2ccc3c(c2)OCCCO3)ccc1Cl. The van der Waals surface area contributed by atoms with Gasteiger partial charge in [0, 0.05) is 23.2 Å². The molecule has 1 aliphatic rings. The second kappa shape index (κ2) is 7.45. The van der Waals surface area contributed by atoms with Crippen molar-refractivity contribution in [1.82, 2.24) is 0 Å². The number of ether oxygens (including phenoxy) is 3. The van der Waals surface area contributed by atoms with Crippen molar-refractivity contribution in [3.63, 3.8) is 0 Å². The predicted molar refractivity (Wildman–Crippen MR) is 92.4 cm³/mol. The smallest absolute Gasteiger partial charge is 0.262 e. The molecule has 0 spiro atoms. The van der Waals surface area contributed by atoms with Crippen LogP contribution in [0.2, 0.25) is 5.02 Å². The largest absolute Gasteiger partial charge is 0.490 e. The Labute approximate surface area is 145 Å². The van der Waals surface area contributed by atoms with Gasteiger partial charge in [-0.3, -0.25) is 4.79 Å². The molecule has 6 heteroatoms. The van der Waals surface area contributed by atoms with Gasteiger partial charge in [-0.2, -0.15) is 0 Å². The molecule has 1 heterocycles. The normalized spacial score (nSPS) is 13.1. The van der Waals surface area contributed by atoms with E-state index in [1.807, 2.05) is 6.92 Å². The van der Waals surface area contributed by atoms with E-state index in [4.69, 9.17) is 25.8 Å².